The third-order valence-electron chi connectivity index (χ3n) is 8.52. The largest absolute Gasteiger partial charge is 0.383 e. The van der Waals surface area contributed by atoms with Gasteiger partial charge in [0.25, 0.3) is 11.0 Å². The lowest BCUT2D eigenvalue weighted by Crippen LogP contribution is -2.41. The number of anilines is 2. The molecule has 0 amide bonds. The molecule has 241 valence electrons. The minimum absolute atomic E-state index is 0.692. The van der Waals surface area contributed by atoms with Gasteiger partial charge in [0, 0.05) is 64.9 Å². The Kier molecular flexibility index (Phi) is 14.4. The van der Waals surface area contributed by atoms with Crippen LogP contribution in [0.5, 0.6) is 0 Å². The van der Waals surface area contributed by atoms with Crippen LogP contribution >= 0.6 is 11.6 Å². The van der Waals surface area contributed by atoms with Gasteiger partial charge in [0.15, 0.2) is 0 Å². The summed E-state index contributed by atoms with van der Waals surface area (Å²) >= 11 is 6.30. The van der Waals surface area contributed by atoms with Crippen molar-refractivity contribution in [2.75, 3.05) is 57.6 Å². The van der Waals surface area contributed by atoms with Gasteiger partial charge in [-0.25, -0.2) is 0 Å². The maximum Gasteiger partial charge on any atom is 0.268 e. The van der Waals surface area contributed by atoms with Gasteiger partial charge in [-0.05, 0) is 43.7 Å². The van der Waals surface area contributed by atoms with E-state index in [2.05, 4.69) is 73.0 Å². The molecule has 0 unspecified atom stereocenters. The van der Waals surface area contributed by atoms with E-state index in [1.165, 1.54) is 63.3 Å². The van der Waals surface area contributed by atoms with Gasteiger partial charge in [0.05, 0.1) is 22.1 Å². The SMILES string of the molecule is C[B]CCCCCCCCCCN(CCNc1cc[n+](OC)c2cc(C)ccc12)CCNc1cc[n+](OC)c2cc(Cl)ccc12. The maximum absolute atomic E-state index is 6.30. The summed E-state index contributed by atoms with van der Waals surface area (Å²) in [6, 6.07) is 16.6. The van der Waals surface area contributed by atoms with E-state index in [0.717, 1.165) is 65.9 Å². The first kappa shape index (κ1) is 34.6. The molecule has 2 aromatic heterocycles. The summed E-state index contributed by atoms with van der Waals surface area (Å²) in [6.07, 6.45) is 15.8. The molecule has 4 aromatic rings. The Labute approximate surface area is 276 Å². The molecule has 7 nitrogen and oxygen atoms in total. The normalized spacial score (nSPS) is 11.3. The minimum atomic E-state index is 0.692. The topological polar surface area (TPSA) is 53.5 Å². The van der Waals surface area contributed by atoms with Crippen LogP contribution in [0.25, 0.3) is 21.8 Å². The van der Waals surface area contributed by atoms with Crippen molar-refractivity contribution < 1.29 is 19.1 Å². The lowest BCUT2D eigenvalue weighted by atomic mass is 9.76. The number of halogens is 1. The average Bonchev–Trinajstić information content (AvgIpc) is 3.05. The van der Waals surface area contributed by atoms with E-state index in [9.17, 15) is 0 Å². The molecule has 0 saturated heterocycles. The van der Waals surface area contributed by atoms with Crippen molar-refractivity contribution >= 4 is 52.1 Å². The van der Waals surface area contributed by atoms with E-state index in [0.29, 0.717) is 5.02 Å². The van der Waals surface area contributed by atoms with E-state index < -0.39 is 0 Å². The lowest BCUT2D eigenvalue weighted by molar-refractivity contribution is -0.865. The fourth-order valence-electron chi connectivity index (χ4n) is 6.00. The molecule has 0 fully saturated rings. The van der Waals surface area contributed by atoms with E-state index in [1.54, 1.807) is 19.0 Å². The first-order chi connectivity index (χ1) is 22.0. The standard InChI is InChI=1S/C36H50BClN5O2/c1-29-13-15-31-33(17-23-42(44-3)35(31)27-29)39-20-25-41(22-12-10-8-6-5-7-9-11-19-37-2)26-21-40-34-18-24-43(45-4)36-28-30(38)14-16-32(34)36/h13-18,23-24,27-28H,5-12,19-22,25-26H2,1-4H3/p+2. The number of aromatic nitrogens is 2. The molecule has 0 spiro atoms. The number of rotatable bonds is 21. The molecule has 2 aromatic carbocycles. The molecule has 0 atom stereocenters. The molecule has 0 aliphatic rings. The predicted octanol–water partition coefficient (Wildman–Crippen LogP) is 6.76. The zero-order valence-corrected chi connectivity index (χ0v) is 28.5. The molecule has 4 rings (SSSR count). The van der Waals surface area contributed by atoms with Crippen LogP contribution in [0.4, 0.5) is 11.4 Å². The fourth-order valence-corrected chi connectivity index (χ4v) is 6.16. The monoisotopic (exact) mass is 632 g/mol. The Morgan fingerprint density at radius 2 is 1.22 bits per heavy atom. The average molecular weight is 633 g/mol. The van der Waals surface area contributed by atoms with Crippen LogP contribution in [0.15, 0.2) is 60.9 Å². The molecular formula is C36H52BClN5O2+2. The van der Waals surface area contributed by atoms with Gasteiger partial charge >= 0.3 is 0 Å². The highest BCUT2D eigenvalue weighted by Gasteiger charge is 2.16. The van der Waals surface area contributed by atoms with Crippen LogP contribution in [-0.4, -0.2) is 59.1 Å². The van der Waals surface area contributed by atoms with E-state index in [4.69, 9.17) is 21.3 Å². The van der Waals surface area contributed by atoms with E-state index in [-0.39, 0.29) is 0 Å². The van der Waals surface area contributed by atoms with Crippen LogP contribution in [0.2, 0.25) is 18.2 Å². The second kappa shape index (κ2) is 18.7. The van der Waals surface area contributed by atoms with E-state index in [1.807, 2.05) is 29.3 Å². The van der Waals surface area contributed by atoms with Crippen LogP contribution in [0.1, 0.15) is 56.9 Å². The first-order valence-corrected chi connectivity index (χ1v) is 17.1. The highest BCUT2D eigenvalue weighted by atomic mass is 35.5. The molecule has 0 saturated carbocycles. The molecular weight excluding hydrogens is 581 g/mol. The molecule has 0 aliphatic heterocycles. The molecule has 2 N–H and O–H groups in total. The molecule has 0 aliphatic carbocycles. The number of hydrogen-bond acceptors (Lipinski definition) is 5. The summed E-state index contributed by atoms with van der Waals surface area (Å²) < 4.78 is 3.57. The number of nitrogens with one attached hydrogen (secondary N) is 2. The predicted molar refractivity (Wildman–Crippen MR) is 190 cm³/mol. The van der Waals surface area contributed by atoms with Crippen molar-refractivity contribution in [3.63, 3.8) is 0 Å². The third-order valence-corrected chi connectivity index (χ3v) is 8.75. The summed E-state index contributed by atoms with van der Waals surface area (Å²) in [5.41, 5.74) is 5.44. The van der Waals surface area contributed by atoms with Crippen molar-refractivity contribution in [3.8, 4) is 0 Å². The Bertz CT molecular complexity index is 1390. The highest BCUT2D eigenvalue weighted by Crippen LogP contribution is 2.24. The number of aryl methyl sites for hydroxylation is 1. The van der Waals surface area contributed by atoms with Crippen molar-refractivity contribution in [3.05, 3.63) is 71.5 Å². The van der Waals surface area contributed by atoms with Crippen molar-refractivity contribution in [2.45, 2.75) is 71.4 Å². The van der Waals surface area contributed by atoms with Crippen molar-refractivity contribution in [2.24, 2.45) is 0 Å². The summed E-state index contributed by atoms with van der Waals surface area (Å²) in [4.78, 5) is 13.7. The highest BCUT2D eigenvalue weighted by molar-refractivity contribution is 6.33. The van der Waals surface area contributed by atoms with Crippen LogP contribution in [0.3, 0.4) is 0 Å². The Balaban J connectivity index is 1.33. The number of hydrogen-bond donors (Lipinski definition) is 2. The second-order valence-electron chi connectivity index (χ2n) is 11.9. The van der Waals surface area contributed by atoms with Gasteiger partial charge in [0.1, 0.15) is 21.5 Å². The van der Waals surface area contributed by atoms with Crippen LogP contribution in [-0.2, 0) is 0 Å². The molecule has 45 heavy (non-hydrogen) atoms. The summed E-state index contributed by atoms with van der Waals surface area (Å²) in [5, 5.41) is 10.3. The summed E-state index contributed by atoms with van der Waals surface area (Å²) in [6.45, 7) is 9.03. The quantitative estimate of drug-likeness (QED) is 0.0604. The number of unbranched alkanes of at least 4 members (excludes halogenated alkanes) is 7. The summed E-state index contributed by atoms with van der Waals surface area (Å²) in [7, 11) is 5.65. The minimum Gasteiger partial charge on any atom is -0.383 e. The number of fused-ring (bicyclic) bond motifs is 2. The Morgan fingerprint density at radius 1 is 0.689 bits per heavy atom. The van der Waals surface area contributed by atoms with Gasteiger partial charge in [-0.1, -0.05) is 75.8 Å². The number of nitrogens with zero attached hydrogens (tertiary/aromatic N) is 3. The molecule has 0 bridgehead atoms. The van der Waals surface area contributed by atoms with Gasteiger partial charge in [-0.2, -0.15) is 0 Å². The molecule has 9 heteroatoms. The van der Waals surface area contributed by atoms with Crippen molar-refractivity contribution in [1.29, 1.82) is 0 Å². The zero-order chi connectivity index (χ0) is 31.9. The first-order valence-electron chi connectivity index (χ1n) is 16.7. The maximum atomic E-state index is 6.30. The lowest BCUT2D eigenvalue weighted by Gasteiger charge is -2.23. The Morgan fingerprint density at radius 3 is 1.80 bits per heavy atom. The van der Waals surface area contributed by atoms with Gasteiger partial charge in [-0.3, -0.25) is 14.6 Å². The second-order valence-corrected chi connectivity index (χ2v) is 12.3. The van der Waals surface area contributed by atoms with Gasteiger partial charge in [-0.15, -0.1) is 0 Å². The van der Waals surface area contributed by atoms with Crippen LogP contribution < -0.4 is 29.8 Å². The van der Waals surface area contributed by atoms with Crippen molar-refractivity contribution in [1.82, 2.24) is 4.90 Å². The van der Waals surface area contributed by atoms with Crippen LogP contribution in [0, 0.1) is 6.92 Å². The number of pyridine rings is 2. The smallest absolute Gasteiger partial charge is 0.268 e. The Hall–Kier alpha value is -3.23. The molecule has 1 radical (unpaired) electrons. The van der Waals surface area contributed by atoms with Gasteiger partial charge in [0.2, 0.25) is 12.4 Å². The molecule has 2 heterocycles. The summed E-state index contributed by atoms with van der Waals surface area (Å²) in [5.74, 6) is 0. The fraction of sp³-hybridized carbons (Fsp3) is 0.500. The van der Waals surface area contributed by atoms with Gasteiger partial charge < -0.3 is 10.6 Å². The number of benzene rings is 2. The third kappa shape index (κ3) is 10.4. The van der Waals surface area contributed by atoms with E-state index >= 15 is 0 Å². The zero-order valence-electron chi connectivity index (χ0n) is 27.8.